The summed E-state index contributed by atoms with van der Waals surface area (Å²) in [6.45, 7) is -1.31. The Hall–Kier alpha value is -2.00. The zero-order valence-electron chi connectivity index (χ0n) is 12.6. The Morgan fingerprint density at radius 2 is 2.08 bits per heavy atom. The fourth-order valence-electron chi connectivity index (χ4n) is 2.07. The highest BCUT2D eigenvalue weighted by Gasteiger charge is 2.26. The molecule has 0 spiro atoms. The number of carbonyl (C=O) groups excluding carboxylic acids is 2. The van der Waals surface area contributed by atoms with Gasteiger partial charge in [-0.2, -0.15) is 8.78 Å². The minimum atomic E-state index is -3.01. The summed E-state index contributed by atoms with van der Waals surface area (Å²) < 4.78 is 29.3. The first kappa shape index (κ1) is 16.8. The van der Waals surface area contributed by atoms with Crippen molar-refractivity contribution in [1.29, 1.82) is 0 Å². The van der Waals surface area contributed by atoms with Crippen LogP contribution in [0.5, 0.6) is 5.75 Å². The number of hydrogen-bond donors (Lipinski definition) is 2. The largest absolute Gasteiger partial charge is 0.433 e. The van der Waals surface area contributed by atoms with E-state index >= 15 is 0 Å². The van der Waals surface area contributed by atoms with Crippen LogP contribution in [0.1, 0.15) is 37.7 Å². The average Bonchev–Trinajstić information content (AvgIpc) is 3.05. The van der Waals surface area contributed by atoms with Crippen LogP contribution in [0.2, 0.25) is 0 Å². The molecule has 0 aliphatic heterocycles. The Balaban J connectivity index is 1.76. The molecular formula is C15H14F2N2O3S2. The lowest BCUT2D eigenvalue weighted by Gasteiger charge is -2.08. The molecule has 0 radical (unpaired) electrons. The van der Waals surface area contributed by atoms with Crippen molar-refractivity contribution in [1.82, 2.24) is 5.32 Å². The van der Waals surface area contributed by atoms with Gasteiger partial charge in [-0.05, 0) is 37.3 Å². The SMILES string of the molecule is Cc1cc(OC(F)F)c(C(=O)Nc2sccc2C(=O)NC2CC2)s1. The van der Waals surface area contributed by atoms with Gasteiger partial charge in [-0.25, -0.2) is 0 Å². The van der Waals surface area contributed by atoms with Crippen LogP contribution in [0, 0.1) is 6.92 Å². The first-order chi connectivity index (χ1) is 11.4. The molecule has 128 valence electrons. The summed E-state index contributed by atoms with van der Waals surface area (Å²) in [4.78, 5) is 25.2. The highest BCUT2D eigenvalue weighted by Crippen LogP contribution is 2.32. The molecule has 1 aliphatic carbocycles. The van der Waals surface area contributed by atoms with E-state index < -0.39 is 12.5 Å². The third-order valence-corrected chi connectivity index (χ3v) is 5.15. The molecule has 0 saturated heterocycles. The molecule has 2 aromatic rings. The molecule has 0 bridgehead atoms. The quantitative estimate of drug-likeness (QED) is 0.809. The fourth-order valence-corrected chi connectivity index (χ4v) is 3.69. The number of anilines is 1. The first-order valence-electron chi connectivity index (χ1n) is 7.19. The summed E-state index contributed by atoms with van der Waals surface area (Å²) in [6, 6.07) is 3.21. The monoisotopic (exact) mass is 372 g/mol. The predicted molar refractivity (Wildman–Crippen MR) is 88.4 cm³/mol. The van der Waals surface area contributed by atoms with Gasteiger partial charge >= 0.3 is 6.61 Å². The number of thiophene rings is 2. The van der Waals surface area contributed by atoms with Crippen LogP contribution in [0.15, 0.2) is 17.5 Å². The van der Waals surface area contributed by atoms with Crippen molar-refractivity contribution >= 4 is 39.5 Å². The molecule has 1 fully saturated rings. The third-order valence-electron chi connectivity index (χ3n) is 3.29. The lowest BCUT2D eigenvalue weighted by molar-refractivity contribution is -0.0498. The van der Waals surface area contributed by atoms with Crippen LogP contribution in [0.25, 0.3) is 0 Å². The summed E-state index contributed by atoms with van der Waals surface area (Å²) in [5.41, 5.74) is 0.366. The lowest BCUT2D eigenvalue weighted by Crippen LogP contribution is -2.26. The number of alkyl halides is 2. The van der Waals surface area contributed by atoms with Crippen molar-refractivity contribution in [2.75, 3.05) is 5.32 Å². The molecule has 1 aliphatic rings. The highest BCUT2D eigenvalue weighted by atomic mass is 32.1. The second-order valence-corrected chi connectivity index (χ2v) is 7.47. The van der Waals surface area contributed by atoms with Crippen molar-refractivity contribution in [3.8, 4) is 5.75 Å². The highest BCUT2D eigenvalue weighted by molar-refractivity contribution is 7.16. The molecule has 2 N–H and O–H groups in total. The molecule has 24 heavy (non-hydrogen) atoms. The molecule has 1 saturated carbocycles. The summed E-state index contributed by atoms with van der Waals surface area (Å²) in [6.07, 6.45) is 1.92. The number of carbonyl (C=O) groups is 2. The second-order valence-electron chi connectivity index (χ2n) is 5.29. The van der Waals surface area contributed by atoms with Crippen molar-refractivity contribution in [3.63, 3.8) is 0 Å². The minimum Gasteiger partial charge on any atom is -0.433 e. The maximum atomic E-state index is 12.4. The third kappa shape index (κ3) is 3.90. The molecule has 0 atom stereocenters. The molecular weight excluding hydrogens is 358 g/mol. The summed E-state index contributed by atoms with van der Waals surface area (Å²) in [7, 11) is 0. The van der Waals surface area contributed by atoms with E-state index in [1.54, 1.807) is 18.4 Å². The number of nitrogens with one attached hydrogen (secondary N) is 2. The van der Waals surface area contributed by atoms with E-state index in [-0.39, 0.29) is 22.6 Å². The van der Waals surface area contributed by atoms with Crippen LogP contribution in [0.4, 0.5) is 13.8 Å². The van der Waals surface area contributed by atoms with Gasteiger partial charge in [-0.1, -0.05) is 0 Å². The number of aryl methyl sites for hydroxylation is 1. The number of rotatable bonds is 6. The number of hydrogen-bond acceptors (Lipinski definition) is 5. The minimum absolute atomic E-state index is 0.0507. The van der Waals surface area contributed by atoms with E-state index in [2.05, 4.69) is 15.4 Å². The van der Waals surface area contributed by atoms with Crippen molar-refractivity contribution in [2.24, 2.45) is 0 Å². The topological polar surface area (TPSA) is 67.4 Å². The van der Waals surface area contributed by atoms with Crippen LogP contribution >= 0.6 is 22.7 Å². The van der Waals surface area contributed by atoms with Gasteiger partial charge in [-0.15, -0.1) is 22.7 Å². The molecule has 3 rings (SSSR count). The lowest BCUT2D eigenvalue weighted by atomic mass is 10.3. The van der Waals surface area contributed by atoms with Crippen molar-refractivity contribution in [3.05, 3.63) is 32.8 Å². The van der Waals surface area contributed by atoms with E-state index in [1.165, 1.54) is 17.4 Å². The zero-order chi connectivity index (χ0) is 17.3. The molecule has 0 unspecified atom stereocenters. The molecule has 9 heteroatoms. The van der Waals surface area contributed by atoms with Gasteiger partial charge in [0.25, 0.3) is 11.8 Å². The van der Waals surface area contributed by atoms with E-state index in [9.17, 15) is 18.4 Å². The van der Waals surface area contributed by atoms with Gasteiger partial charge in [0.05, 0.1) is 5.56 Å². The Kier molecular flexibility index (Phi) is 4.81. The Bertz CT molecular complexity index is 769. The first-order valence-corrected chi connectivity index (χ1v) is 8.88. The van der Waals surface area contributed by atoms with E-state index in [1.807, 2.05) is 0 Å². The number of amides is 2. The van der Waals surface area contributed by atoms with Crippen molar-refractivity contribution < 1.29 is 23.1 Å². The van der Waals surface area contributed by atoms with E-state index in [0.29, 0.717) is 15.4 Å². The van der Waals surface area contributed by atoms with Crippen LogP contribution < -0.4 is 15.4 Å². The van der Waals surface area contributed by atoms with Gasteiger partial charge in [0.1, 0.15) is 15.6 Å². The smallest absolute Gasteiger partial charge is 0.387 e. The molecule has 5 nitrogen and oxygen atoms in total. The zero-order valence-corrected chi connectivity index (χ0v) is 14.2. The fraction of sp³-hybridized carbons (Fsp3) is 0.333. The molecule has 2 aromatic heterocycles. The molecule has 2 amide bonds. The predicted octanol–water partition coefficient (Wildman–Crippen LogP) is 3.86. The average molecular weight is 372 g/mol. The number of ether oxygens (including phenoxy) is 1. The van der Waals surface area contributed by atoms with Gasteiger partial charge in [0.15, 0.2) is 0 Å². The summed E-state index contributed by atoms with van der Waals surface area (Å²) in [5, 5.41) is 7.53. The Morgan fingerprint density at radius 1 is 1.33 bits per heavy atom. The van der Waals surface area contributed by atoms with E-state index in [0.717, 1.165) is 24.2 Å². The maximum absolute atomic E-state index is 12.4. The Labute approximate surface area is 144 Å². The number of halogens is 2. The molecule has 0 aromatic carbocycles. The standard InChI is InChI=1S/C15H14F2N2O3S2/c1-7-6-10(22-15(16)17)11(24-7)13(21)19-14-9(4-5-23-14)12(20)18-8-2-3-8/h4-6,8,15H,2-3H2,1H3,(H,18,20)(H,19,21). The van der Waals surface area contributed by atoms with E-state index in [4.69, 9.17) is 0 Å². The Morgan fingerprint density at radius 3 is 2.75 bits per heavy atom. The van der Waals surface area contributed by atoms with Gasteiger partial charge in [0.2, 0.25) is 0 Å². The molecule has 2 heterocycles. The van der Waals surface area contributed by atoms with Gasteiger partial charge in [0, 0.05) is 10.9 Å². The summed E-state index contributed by atoms with van der Waals surface area (Å²) >= 11 is 2.25. The summed E-state index contributed by atoms with van der Waals surface area (Å²) in [5.74, 6) is -0.988. The van der Waals surface area contributed by atoms with Crippen LogP contribution in [-0.2, 0) is 0 Å². The second kappa shape index (κ2) is 6.86. The van der Waals surface area contributed by atoms with Gasteiger partial charge in [-0.3, -0.25) is 9.59 Å². The maximum Gasteiger partial charge on any atom is 0.387 e. The van der Waals surface area contributed by atoms with Crippen LogP contribution in [-0.4, -0.2) is 24.5 Å². The van der Waals surface area contributed by atoms with Gasteiger partial charge < -0.3 is 15.4 Å². The normalized spacial score (nSPS) is 13.8. The van der Waals surface area contributed by atoms with Crippen molar-refractivity contribution in [2.45, 2.75) is 32.4 Å². The van der Waals surface area contributed by atoms with Crippen LogP contribution in [0.3, 0.4) is 0 Å².